The van der Waals surface area contributed by atoms with Crippen LogP contribution in [0.4, 0.5) is 0 Å². The Labute approximate surface area is 167 Å². The van der Waals surface area contributed by atoms with Gasteiger partial charge >= 0.3 is 0 Å². The zero-order valence-corrected chi connectivity index (χ0v) is 17.3. The van der Waals surface area contributed by atoms with Crippen molar-refractivity contribution in [1.29, 1.82) is 0 Å². The van der Waals surface area contributed by atoms with Crippen LogP contribution in [0.3, 0.4) is 0 Å². The minimum absolute atomic E-state index is 0.110. The Hall–Kier alpha value is -1.63. The average molecular weight is 481 g/mol. The summed E-state index contributed by atoms with van der Waals surface area (Å²) in [7, 11) is 1.64. The van der Waals surface area contributed by atoms with Gasteiger partial charge in [-0.3, -0.25) is 4.79 Å². The molecule has 6 heteroatoms. The van der Waals surface area contributed by atoms with Gasteiger partial charge in [-0.25, -0.2) is 0 Å². The first-order chi connectivity index (χ1) is 12.1. The maximum absolute atomic E-state index is 12.7. The summed E-state index contributed by atoms with van der Waals surface area (Å²) in [4.78, 5) is 13.4. The SMILES string of the molecule is COc1ccc(C(NC(=O)c2cc(Br)c(Br)s2)c2ccccc2)cc1. The quantitative estimate of drug-likeness (QED) is 0.501. The Morgan fingerprint density at radius 3 is 2.24 bits per heavy atom. The largest absolute Gasteiger partial charge is 0.497 e. The highest BCUT2D eigenvalue weighted by Gasteiger charge is 2.20. The number of rotatable bonds is 5. The number of carbonyl (C=O) groups is 1. The molecule has 0 bridgehead atoms. The van der Waals surface area contributed by atoms with Crippen molar-refractivity contribution in [3.63, 3.8) is 0 Å². The van der Waals surface area contributed by atoms with Gasteiger partial charge in [-0.2, -0.15) is 0 Å². The molecule has 3 aromatic rings. The molecule has 1 N–H and O–H groups in total. The first-order valence-electron chi connectivity index (χ1n) is 7.53. The first kappa shape index (κ1) is 18.2. The highest BCUT2D eigenvalue weighted by Crippen LogP contribution is 2.33. The number of methoxy groups -OCH3 is 1. The second kappa shape index (κ2) is 8.17. The zero-order valence-electron chi connectivity index (χ0n) is 13.3. The summed E-state index contributed by atoms with van der Waals surface area (Å²) in [6.07, 6.45) is 0. The topological polar surface area (TPSA) is 38.3 Å². The number of ether oxygens (including phenoxy) is 1. The molecule has 0 saturated carbocycles. The van der Waals surface area contributed by atoms with E-state index in [0.717, 1.165) is 25.1 Å². The van der Waals surface area contributed by atoms with E-state index in [1.165, 1.54) is 11.3 Å². The van der Waals surface area contributed by atoms with E-state index in [1.807, 2.05) is 60.7 Å². The summed E-state index contributed by atoms with van der Waals surface area (Å²) < 4.78 is 7.00. The van der Waals surface area contributed by atoms with Crippen LogP contribution in [-0.2, 0) is 0 Å². The maximum Gasteiger partial charge on any atom is 0.262 e. The van der Waals surface area contributed by atoms with Gasteiger partial charge in [-0.15, -0.1) is 11.3 Å². The Morgan fingerprint density at radius 1 is 1.04 bits per heavy atom. The molecule has 0 aliphatic rings. The van der Waals surface area contributed by atoms with Gasteiger partial charge < -0.3 is 10.1 Å². The minimum atomic E-state index is -0.237. The lowest BCUT2D eigenvalue weighted by atomic mass is 9.98. The molecule has 0 radical (unpaired) electrons. The number of nitrogens with one attached hydrogen (secondary N) is 1. The van der Waals surface area contributed by atoms with Crippen molar-refractivity contribution in [3.8, 4) is 5.75 Å². The molecule has 25 heavy (non-hydrogen) atoms. The summed E-state index contributed by atoms with van der Waals surface area (Å²) in [5.74, 6) is 0.675. The van der Waals surface area contributed by atoms with Gasteiger partial charge in [-0.1, -0.05) is 42.5 Å². The second-order valence-electron chi connectivity index (χ2n) is 5.32. The van der Waals surface area contributed by atoms with Crippen LogP contribution in [0.1, 0.15) is 26.8 Å². The van der Waals surface area contributed by atoms with Crippen LogP contribution in [-0.4, -0.2) is 13.0 Å². The molecule has 3 nitrogen and oxygen atoms in total. The van der Waals surface area contributed by atoms with Crippen LogP contribution in [0.2, 0.25) is 0 Å². The van der Waals surface area contributed by atoms with Gasteiger partial charge in [0.25, 0.3) is 5.91 Å². The van der Waals surface area contributed by atoms with E-state index in [0.29, 0.717) is 4.88 Å². The smallest absolute Gasteiger partial charge is 0.262 e. The molecular formula is C19H15Br2NO2S. The highest BCUT2D eigenvalue weighted by atomic mass is 79.9. The third-order valence-corrected chi connectivity index (χ3v) is 6.98. The lowest BCUT2D eigenvalue weighted by Gasteiger charge is -2.20. The van der Waals surface area contributed by atoms with E-state index in [2.05, 4.69) is 37.2 Å². The second-order valence-corrected chi connectivity index (χ2v) is 8.55. The summed E-state index contributed by atoms with van der Waals surface area (Å²) in [6, 6.07) is 19.2. The number of halogens is 2. The van der Waals surface area contributed by atoms with Gasteiger partial charge in [0, 0.05) is 4.47 Å². The van der Waals surface area contributed by atoms with E-state index in [1.54, 1.807) is 7.11 Å². The molecule has 0 fully saturated rings. The fraction of sp³-hybridized carbons (Fsp3) is 0.105. The highest BCUT2D eigenvalue weighted by molar-refractivity contribution is 9.13. The molecule has 1 unspecified atom stereocenters. The molecule has 1 aromatic heterocycles. The third kappa shape index (κ3) is 4.32. The van der Waals surface area contributed by atoms with Gasteiger partial charge in [0.2, 0.25) is 0 Å². The molecule has 0 aliphatic heterocycles. The number of thiophene rings is 1. The van der Waals surface area contributed by atoms with E-state index in [4.69, 9.17) is 4.74 Å². The number of benzene rings is 2. The van der Waals surface area contributed by atoms with Gasteiger partial charge in [-0.05, 0) is 61.2 Å². The normalized spacial score (nSPS) is 11.8. The number of carbonyl (C=O) groups excluding carboxylic acids is 1. The fourth-order valence-corrected chi connectivity index (χ4v) is 4.40. The zero-order chi connectivity index (χ0) is 17.8. The Bertz CT molecular complexity index is 843. The lowest BCUT2D eigenvalue weighted by molar-refractivity contribution is 0.0947. The summed E-state index contributed by atoms with van der Waals surface area (Å²) in [6.45, 7) is 0. The van der Waals surface area contributed by atoms with E-state index in [-0.39, 0.29) is 11.9 Å². The lowest BCUT2D eigenvalue weighted by Crippen LogP contribution is -2.28. The molecule has 0 spiro atoms. The van der Waals surface area contributed by atoms with Crippen molar-refractivity contribution in [1.82, 2.24) is 5.32 Å². The molecule has 2 aromatic carbocycles. The standard InChI is InChI=1S/C19H15Br2NO2S/c1-24-14-9-7-13(8-10-14)17(12-5-3-2-4-6-12)22-19(23)16-11-15(20)18(21)25-16/h2-11,17H,1H3,(H,22,23). The maximum atomic E-state index is 12.7. The molecule has 0 aliphatic carbocycles. The van der Waals surface area contributed by atoms with Crippen molar-refractivity contribution < 1.29 is 9.53 Å². The fourth-order valence-electron chi connectivity index (χ4n) is 2.46. The predicted octanol–water partition coefficient (Wildman–Crippen LogP) is 5.80. The molecule has 1 atom stereocenters. The van der Waals surface area contributed by atoms with E-state index < -0.39 is 0 Å². The van der Waals surface area contributed by atoms with E-state index >= 15 is 0 Å². The number of amides is 1. The number of hydrogen-bond donors (Lipinski definition) is 1. The van der Waals surface area contributed by atoms with Crippen LogP contribution in [0, 0.1) is 0 Å². The van der Waals surface area contributed by atoms with Gasteiger partial charge in [0.1, 0.15) is 5.75 Å². The molecule has 1 amide bonds. The third-order valence-electron chi connectivity index (χ3n) is 3.73. The van der Waals surface area contributed by atoms with Crippen LogP contribution < -0.4 is 10.1 Å². The molecule has 0 saturated heterocycles. The van der Waals surface area contributed by atoms with Gasteiger partial charge in [0.05, 0.1) is 21.8 Å². The Morgan fingerprint density at radius 2 is 1.68 bits per heavy atom. The Balaban J connectivity index is 1.92. The molecular weight excluding hydrogens is 466 g/mol. The van der Waals surface area contributed by atoms with Crippen LogP contribution in [0.15, 0.2) is 68.9 Å². The van der Waals surface area contributed by atoms with Crippen molar-refractivity contribution in [2.75, 3.05) is 7.11 Å². The van der Waals surface area contributed by atoms with Crippen LogP contribution in [0.5, 0.6) is 5.75 Å². The first-order valence-corrected chi connectivity index (χ1v) is 9.93. The monoisotopic (exact) mass is 479 g/mol. The average Bonchev–Trinajstić information content (AvgIpc) is 2.99. The molecule has 3 rings (SSSR count). The minimum Gasteiger partial charge on any atom is -0.497 e. The van der Waals surface area contributed by atoms with Crippen molar-refractivity contribution in [3.05, 3.63) is 84.9 Å². The van der Waals surface area contributed by atoms with Crippen molar-refractivity contribution in [2.24, 2.45) is 0 Å². The summed E-state index contributed by atoms with van der Waals surface area (Å²) in [5.41, 5.74) is 2.02. The molecule has 128 valence electrons. The Kier molecular flexibility index (Phi) is 5.93. The molecule has 1 heterocycles. The van der Waals surface area contributed by atoms with E-state index in [9.17, 15) is 4.79 Å². The van der Waals surface area contributed by atoms with Crippen molar-refractivity contribution >= 4 is 49.1 Å². The van der Waals surface area contributed by atoms with Crippen LogP contribution in [0.25, 0.3) is 0 Å². The van der Waals surface area contributed by atoms with Gasteiger partial charge in [0.15, 0.2) is 0 Å². The van der Waals surface area contributed by atoms with Crippen molar-refractivity contribution in [2.45, 2.75) is 6.04 Å². The van der Waals surface area contributed by atoms with Crippen LogP contribution >= 0.6 is 43.2 Å². The summed E-state index contributed by atoms with van der Waals surface area (Å²) >= 11 is 8.26. The summed E-state index contributed by atoms with van der Waals surface area (Å²) in [5, 5.41) is 3.13. The predicted molar refractivity (Wildman–Crippen MR) is 108 cm³/mol. The number of hydrogen-bond acceptors (Lipinski definition) is 3.